The standard InChI is InChI=1S/C65H40N2/c1-4-16-44(17-5-1)66(45-18-6-2-7-19-45)47-32-37-52-51-34-30-42(38-58(51)65(59(52)40-47)56-25-13-10-22-49(56)50-23-11-14-26-57(50)65)48-33-28-41-29-36-55-63-43(31-35-53(48)62(41)63)39-61-64(55)54-24-12-15-27-60(54)67(61)46-20-8-3-9-21-46/h1-40H. The molecule has 0 fully saturated rings. The summed E-state index contributed by atoms with van der Waals surface area (Å²) in [6, 6.07) is 90.6. The minimum Gasteiger partial charge on any atom is -0.310 e. The van der Waals surface area contributed by atoms with Gasteiger partial charge in [-0.05, 0) is 155 Å². The molecule has 1 heterocycles. The van der Waals surface area contributed by atoms with Gasteiger partial charge in [-0.25, -0.2) is 0 Å². The highest BCUT2D eigenvalue weighted by Crippen LogP contribution is 2.64. The lowest BCUT2D eigenvalue weighted by molar-refractivity contribution is 0.794. The van der Waals surface area contributed by atoms with Crippen molar-refractivity contribution in [2.75, 3.05) is 4.90 Å². The Labute approximate surface area is 388 Å². The first-order valence-corrected chi connectivity index (χ1v) is 23.3. The van der Waals surface area contributed by atoms with E-state index in [9.17, 15) is 0 Å². The van der Waals surface area contributed by atoms with E-state index in [1.54, 1.807) is 0 Å². The summed E-state index contributed by atoms with van der Waals surface area (Å²) >= 11 is 0. The van der Waals surface area contributed by atoms with Crippen molar-refractivity contribution in [2.24, 2.45) is 0 Å². The van der Waals surface area contributed by atoms with E-state index >= 15 is 0 Å². The molecule has 310 valence electrons. The first kappa shape index (κ1) is 36.6. The molecule has 0 amide bonds. The van der Waals surface area contributed by atoms with Crippen LogP contribution in [0.2, 0.25) is 0 Å². The number of benzene rings is 12. The number of anilines is 3. The van der Waals surface area contributed by atoms with Crippen molar-refractivity contribution >= 4 is 71.2 Å². The Bertz CT molecular complexity index is 4060. The number of hydrogen-bond acceptors (Lipinski definition) is 1. The molecule has 0 radical (unpaired) electrons. The summed E-state index contributed by atoms with van der Waals surface area (Å²) in [5.74, 6) is 0. The Morgan fingerprint density at radius 1 is 0.299 bits per heavy atom. The van der Waals surface area contributed by atoms with Crippen LogP contribution in [0.15, 0.2) is 243 Å². The van der Waals surface area contributed by atoms with Crippen LogP contribution in [0, 0.1) is 0 Å². The van der Waals surface area contributed by atoms with Crippen LogP contribution in [0.5, 0.6) is 0 Å². The van der Waals surface area contributed by atoms with Gasteiger partial charge >= 0.3 is 0 Å². The van der Waals surface area contributed by atoms with Gasteiger partial charge in [0.2, 0.25) is 0 Å². The average molecular weight is 849 g/mol. The van der Waals surface area contributed by atoms with Crippen molar-refractivity contribution in [2.45, 2.75) is 5.41 Å². The fourth-order valence-electron chi connectivity index (χ4n) is 12.5. The van der Waals surface area contributed by atoms with Crippen molar-refractivity contribution in [3.8, 4) is 39.1 Å². The Kier molecular flexibility index (Phi) is 7.46. The Balaban J connectivity index is 0.978. The summed E-state index contributed by atoms with van der Waals surface area (Å²) in [5.41, 5.74) is 19.5. The van der Waals surface area contributed by atoms with E-state index in [0.717, 1.165) is 17.1 Å². The van der Waals surface area contributed by atoms with E-state index in [0.29, 0.717) is 0 Å². The van der Waals surface area contributed by atoms with E-state index in [4.69, 9.17) is 0 Å². The summed E-state index contributed by atoms with van der Waals surface area (Å²) in [4.78, 5) is 2.40. The van der Waals surface area contributed by atoms with Crippen molar-refractivity contribution in [1.82, 2.24) is 4.57 Å². The number of rotatable bonds is 5. The second-order valence-electron chi connectivity index (χ2n) is 18.3. The fourth-order valence-corrected chi connectivity index (χ4v) is 12.5. The van der Waals surface area contributed by atoms with Crippen molar-refractivity contribution in [1.29, 1.82) is 0 Å². The molecule has 0 N–H and O–H groups in total. The maximum absolute atomic E-state index is 2.54. The van der Waals surface area contributed by atoms with E-state index in [2.05, 4.69) is 252 Å². The van der Waals surface area contributed by atoms with Crippen LogP contribution >= 0.6 is 0 Å². The number of aromatic nitrogens is 1. The summed E-state index contributed by atoms with van der Waals surface area (Å²) in [6.45, 7) is 0. The van der Waals surface area contributed by atoms with E-state index in [-0.39, 0.29) is 0 Å². The van der Waals surface area contributed by atoms with Crippen molar-refractivity contribution in [3.63, 3.8) is 0 Å². The SMILES string of the molecule is c1ccc(N(c2ccccc2)c2ccc3c(c2)C2(c4ccccc4-c4ccccc42)c2cc(-c4ccc5ccc6c7c(ccc4c57)cc4c6c5ccccc5n4-c4ccccc4)ccc2-3)cc1. The first-order valence-electron chi connectivity index (χ1n) is 23.3. The number of hydrogen-bond donors (Lipinski definition) is 0. The quantitative estimate of drug-likeness (QED) is 0.157. The first-order chi connectivity index (χ1) is 33.3. The fraction of sp³-hybridized carbons (Fsp3) is 0.0154. The molecule has 2 aliphatic carbocycles. The molecule has 1 spiro atoms. The minimum absolute atomic E-state index is 0.523. The third-order valence-electron chi connectivity index (χ3n) is 15.1. The van der Waals surface area contributed by atoms with Crippen LogP contribution in [-0.4, -0.2) is 4.57 Å². The summed E-state index contributed by atoms with van der Waals surface area (Å²) < 4.78 is 2.44. The predicted molar refractivity (Wildman–Crippen MR) is 281 cm³/mol. The van der Waals surface area contributed by atoms with Gasteiger partial charge in [-0.15, -0.1) is 0 Å². The molecule has 12 aromatic carbocycles. The highest BCUT2D eigenvalue weighted by Gasteiger charge is 2.52. The average Bonchev–Trinajstić information content (AvgIpc) is 4.00. The van der Waals surface area contributed by atoms with E-state index < -0.39 is 5.41 Å². The molecular formula is C65H40N2. The molecule has 0 atom stereocenters. The van der Waals surface area contributed by atoms with Crippen LogP contribution in [0.25, 0.3) is 93.2 Å². The zero-order valence-corrected chi connectivity index (χ0v) is 36.5. The predicted octanol–water partition coefficient (Wildman–Crippen LogP) is 17.2. The Hall–Kier alpha value is -8.72. The molecule has 0 bridgehead atoms. The van der Waals surface area contributed by atoms with Crippen LogP contribution in [-0.2, 0) is 5.41 Å². The highest BCUT2D eigenvalue weighted by atomic mass is 15.1. The maximum Gasteiger partial charge on any atom is 0.0726 e. The minimum atomic E-state index is -0.523. The van der Waals surface area contributed by atoms with Gasteiger partial charge in [0.1, 0.15) is 0 Å². The third kappa shape index (κ3) is 4.89. The van der Waals surface area contributed by atoms with Gasteiger partial charge in [-0.2, -0.15) is 0 Å². The van der Waals surface area contributed by atoms with Gasteiger partial charge in [0.15, 0.2) is 0 Å². The molecule has 2 aliphatic rings. The molecule has 0 aliphatic heterocycles. The molecule has 15 rings (SSSR count). The normalized spacial score (nSPS) is 13.2. The van der Waals surface area contributed by atoms with Crippen molar-refractivity contribution in [3.05, 3.63) is 265 Å². The summed E-state index contributed by atoms with van der Waals surface area (Å²) in [5, 5.41) is 10.3. The molecule has 1 aromatic heterocycles. The number of para-hydroxylation sites is 4. The largest absolute Gasteiger partial charge is 0.310 e. The van der Waals surface area contributed by atoms with Crippen LogP contribution in [0.1, 0.15) is 22.3 Å². The van der Waals surface area contributed by atoms with Crippen molar-refractivity contribution < 1.29 is 0 Å². The second kappa shape index (κ2) is 13.7. The van der Waals surface area contributed by atoms with Crippen LogP contribution < -0.4 is 4.90 Å². The topological polar surface area (TPSA) is 8.17 Å². The maximum atomic E-state index is 2.54. The number of fused-ring (bicyclic) bond motifs is 14. The monoisotopic (exact) mass is 848 g/mol. The smallest absolute Gasteiger partial charge is 0.0726 e. The van der Waals surface area contributed by atoms with E-state index in [1.807, 2.05) is 0 Å². The van der Waals surface area contributed by atoms with Gasteiger partial charge in [0, 0.05) is 33.5 Å². The highest BCUT2D eigenvalue weighted by molar-refractivity contribution is 6.34. The molecule has 2 nitrogen and oxygen atoms in total. The second-order valence-corrected chi connectivity index (χ2v) is 18.3. The van der Waals surface area contributed by atoms with Gasteiger partial charge in [-0.3, -0.25) is 0 Å². The number of nitrogens with zero attached hydrogens (tertiary/aromatic N) is 2. The molecule has 0 unspecified atom stereocenters. The van der Waals surface area contributed by atoms with E-state index in [1.165, 1.54) is 115 Å². The zero-order valence-electron chi connectivity index (χ0n) is 36.5. The van der Waals surface area contributed by atoms with Gasteiger partial charge in [0.05, 0.1) is 16.4 Å². The lowest BCUT2D eigenvalue weighted by Crippen LogP contribution is -2.26. The summed E-state index contributed by atoms with van der Waals surface area (Å²) in [7, 11) is 0. The Morgan fingerprint density at radius 2 is 0.836 bits per heavy atom. The molecule has 67 heavy (non-hydrogen) atoms. The summed E-state index contributed by atoms with van der Waals surface area (Å²) in [6.07, 6.45) is 0. The van der Waals surface area contributed by atoms with Gasteiger partial charge in [0.25, 0.3) is 0 Å². The lowest BCUT2D eigenvalue weighted by atomic mass is 9.70. The van der Waals surface area contributed by atoms with Crippen LogP contribution in [0.3, 0.4) is 0 Å². The third-order valence-corrected chi connectivity index (χ3v) is 15.1. The lowest BCUT2D eigenvalue weighted by Gasteiger charge is -2.32. The van der Waals surface area contributed by atoms with Crippen LogP contribution in [0.4, 0.5) is 17.1 Å². The molecule has 13 aromatic rings. The van der Waals surface area contributed by atoms with Gasteiger partial charge < -0.3 is 9.47 Å². The molecule has 2 heteroatoms. The molecule has 0 saturated carbocycles. The molecular weight excluding hydrogens is 809 g/mol. The van der Waals surface area contributed by atoms with Gasteiger partial charge in [-0.1, -0.05) is 176 Å². The Morgan fingerprint density at radius 3 is 1.57 bits per heavy atom. The molecule has 0 saturated heterocycles. The zero-order chi connectivity index (χ0) is 43.8.